The van der Waals surface area contributed by atoms with Crippen molar-refractivity contribution >= 4 is 37.3 Å². The predicted octanol–water partition coefficient (Wildman–Crippen LogP) is 3.83. The van der Waals surface area contributed by atoms with Gasteiger partial charge in [-0.25, -0.2) is 21.9 Å². The Balaban J connectivity index is 2.25. The predicted molar refractivity (Wildman–Crippen MR) is 77.1 cm³/mol. The van der Waals surface area contributed by atoms with Gasteiger partial charge in [0.15, 0.2) is 0 Å². The summed E-state index contributed by atoms with van der Waals surface area (Å²) in [6, 6.07) is 5.30. The fourth-order valence-corrected chi connectivity index (χ4v) is 4.90. The molecular formula is C12H10BrF2NO2S2. The molecule has 0 saturated heterocycles. The zero-order chi connectivity index (χ0) is 14.9. The fourth-order valence-electron chi connectivity index (χ4n) is 1.65. The molecule has 0 radical (unpaired) electrons. The third-order valence-electron chi connectivity index (χ3n) is 2.57. The first-order valence-corrected chi connectivity index (χ1v) is 8.61. The van der Waals surface area contributed by atoms with Gasteiger partial charge in [0, 0.05) is 17.7 Å². The van der Waals surface area contributed by atoms with Crippen LogP contribution in [0, 0.1) is 11.6 Å². The van der Waals surface area contributed by atoms with E-state index >= 15 is 0 Å². The summed E-state index contributed by atoms with van der Waals surface area (Å²) in [5, 5.41) is 0. The smallest absolute Gasteiger partial charge is 0.207 e. The van der Waals surface area contributed by atoms with Crippen LogP contribution in [0.1, 0.15) is 18.5 Å². The van der Waals surface area contributed by atoms with Gasteiger partial charge >= 0.3 is 0 Å². The SMILES string of the molecule is C[C@@H](NS(=O)(=O)c1ccc(Br)s1)c1ccc(F)cc1F. The molecule has 0 unspecified atom stereocenters. The minimum atomic E-state index is -3.74. The summed E-state index contributed by atoms with van der Waals surface area (Å²) in [5.41, 5.74) is 0.0885. The number of sulfonamides is 1. The topological polar surface area (TPSA) is 46.2 Å². The van der Waals surface area contributed by atoms with E-state index in [1.54, 1.807) is 6.07 Å². The van der Waals surface area contributed by atoms with E-state index in [0.717, 1.165) is 23.5 Å². The van der Waals surface area contributed by atoms with E-state index < -0.39 is 27.7 Å². The molecule has 0 spiro atoms. The van der Waals surface area contributed by atoms with Gasteiger partial charge < -0.3 is 0 Å². The highest BCUT2D eigenvalue weighted by atomic mass is 79.9. The van der Waals surface area contributed by atoms with Crippen molar-refractivity contribution < 1.29 is 17.2 Å². The molecule has 108 valence electrons. The third-order valence-corrected chi connectivity index (χ3v) is 6.23. The maximum absolute atomic E-state index is 13.6. The summed E-state index contributed by atoms with van der Waals surface area (Å²) in [6.07, 6.45) is 0. The highest BCUT2D eigenvalue weighted by molar-refractivity contribution is 9.11. The molecule has 0 aliphatic rings. The van der Waals surface area contributed by atoms with Gasteiger partial charge in [-0.15, -0.1) is 11.3 Å². The Kier molecular flexibility index (Phi) is 4.58. The van der Waals surface area contributed by atoms with Crippen molar-refractivity contribution in [3.05, 3.63) is 51.3 Å². The van der Waals surface area contributed by atoms with Gasteiger partial charge in [-0.3, -0.25) is 0 Å². The molecule has 0 bridgehead atoms. The van der Waals surface area contributed by atoms with Gasteiger partial charge in [0.25, 0.3) is 10.0 Å². The zero-order valence-electron chi connectivity index (χ0n) is 10.2. The van der Waals surface area contributed by atoms with Crippen molar-refractivity contribution in [1.82, 2.24) is 4.72 Å². The normalized spacial score (nSPS) is 13.4. The van der Waals surface area contributed by atoms with E-state index in [2.05, 4.69) is 20.7 Å². The molecule has 1 aromatic heterocycles. The van der Waals surface area contributed by atoms with Crippen LogP contribution in [0.4, 0.5) is 8.78 Å². The molecule has 0 amide bonds. The maximum atomic E-state index is 13.6. The van der Waals surface area contributed by atoms with Crippen molar-refractivity contribution in [2.24, 2.45) is 0 Å². The van der Waals surface area contributed by atoms with E-state index in [1.807, 2.05) is 0 Å². The minimum absolute atomic E-state index is 0.0885. The lowest BCUT2D eigenvalue weighted by Crippen LogP contribution is -2.26. The van der Waals surface area contributed by atoms with Crippen molar-refractivity contribution in [2.75, 3.05) is 0 Å². The van der Waals surface area contributed by atoms with Crippen LogP contribution in [0.25, 0.3) is 0 Å². The van der Waals surface area contributed by atoms with Crippen LogP contribution in [-0.4, -0.2) is 8.42 Å². The van der Waals surface area contributed by atoms with Gasteiger partial charge in [0.2, 0.25) is 0 Å². The van der Waals surface area contributed by atoms with Crippen molar-refractivity contribution in [3.63, 3.8) is 0 Å². The molecule has 3 nitrogen and oxygen atoms in total. The third kappa shape index (κ3) is 3.43. The van der Waals surface area contributed by atoms with Crippen LogP contribution in [0.2, 0.25) is 0 Å². The average Bonchev–Trinajstić information content (AvgIpc) is 2.75. The van der Waals surface area contributed by atoms with E-state index in [4.69, 9.17) is 0 Å². The molecule has 1 heterocycles. The first-order valence-electron chi connectivity index (χ1n) is 5.52. The van der Waals surface area contributed by atoms with Gasteiger partial charge in [-0.05, 0) is 41.1 Å². The Labute approximate surface area is 127 Å². The Morgan fingerprint density at radius 3 is 2.50 bits per heavy atom. The molecule has 8 heteroatoms. The van der Waals surface area contributed by atoms with Crippen LogP contribution in [0.3, 0.4) is 0 Å². The lowest BCUT2D eigenvalue weighted by molar-refractivity contribution is 0.541. The van der Waals surface area contributed by atoms with Gasteiger partial charge in [-0.2, -0.15) is 0 Å². The van der Waals surface area contributed by atoms with Crippen LogP contribution in [-0.2, 0) is 10.0 Å². The Bertz CT molecular complexity index is 731. The van der Waals surface area contributed by atoms with Crippen molar-refractivity contribution in [3.8, 4) is 0 Å². The first-order chi connectivity index (χ1) is 9.29. The number of benzene rings is 1. The second-order valence-electron chi connectivity index (χ2n) is 4.07. The summed E-state index contributed by atoms with van der Waals surface area (Å²) in [4.78, 5) is 0. The van der Waals surface area contributed by atoms with E-state index in [-0.39, 0.29) is 9.77 Å². The zero-order valence-corrected chi connectivity index (χ0v) is 13.4. The van der Waals surface area contributed by atoms with Gasteiger partial charge in [-0.1, -0.05) is 6.07 Å². The summed E-state index contributed by atoms with van der Waals surface area (Å²) in [7, 11) is -3.74. The molecule has 0 saturated carbocycles. The highest BCUT2D eigenvalue weighted by Crippen LogP contribution is 2.27. The van der Waals surface area contributed by atoms with Gasteiger partial charge in [0.1, 0.15) is 15.8 Å². The second kappa shape index (κ2) is 5.88. The number of rotatable bonds is 4. The summed E-state index contributed by atoms with van der Waals surface area (Å²) in [5.74, 6) is -1.49. The quantitative estimate of drug-likeness (QED) is 0.874. The number of halogens is 3. The Hall–Kier alpha value is -0.830. The Morgan fingerprint density at radius 1 is 1.25 bits per heavy atom. The minimum Gasteiger partial charge on any atom is -0.207 e. The molecule has 2 rings (SSSR count). The van der Waals surface area contributed by atoms with Crippen LogP contribution in [0.5, 0.6) is 0 Å². The van der Waals surface area contributed by atoms with Crippen LogP contribution >= 0.6 is 27.3 Å². The summed E-state index contributed by atoms with van der Waals surface area (Å²) >= 11 is 4.23. The number of hydrogen-bond acceptors (Lipinski definition) is 3. The van der Waals surface area contributed by atoms with E-state index in [9.17, 15) is 17.2 Å². The lowest BCUT2D eigenvalue weighted by Gasteiger charge is -2.14. The molecule has 0 fully saturated rings. The first kappa shape index (κ1) is 15.6. The largest absolute Gasteiger partial charge is 0.250 e. The Morgan fingerprint density at radius 2 is 1.95 bits per heavy atom. The molecule has 0 aliphatic carbocycles. The molecule has 2 aromatic rings. The summed E-state index contributed by atoms with van der Waals surface area (Å²) in [6.45, 7) is 1.50. The van der Waals surface area contributed by atoms with E-state index in [1.165, 1.54) is 19.1 Å². The number of thiophene rings is 1. The van der Waals surface area contributed by atoms with Crippen LogP contribution < -0.4 is 4.72 Å². The highest BCUT2D eigenvalue weighted by Gasteiger charge is 2.22. The van der Waals surface area contributed by atoms with Gasteiger partial charge in [0.05, 0.1) is 3.79 Å². The number of hydrogen-bond donors (Lipinski definition) is 1. The molecule has 1 aromatic carbocycles. The molecule has 20 heavy (non-hydrogen) atoms. The molecule has 1 atom stereocenters. The second-order valence-corrected chi connectivity index (χ2v) is 8.47. The number of nitrogens with one attached hydrogen (secondary N) is 1. The fraction of sp³-hybridized carbons (Fsp3) is 0.167. The van der Waals surface area contributed by atoms with Crippen molar-refractivity contribution in [2.45, 2.75) is 17.2 Å². The van der Waals surface area contributed by atoms with Crippen LogP contribution in [0.15, 0.2) is 38.3 Å². The summed E-state index contributed by atoms with van der Waals surface area (Å²) < 4.78 is 53.8. The van der Waals surface area contributed by atoms with Crippen molar-refractivity contribution in [1.29, 1.82) is 0 Å². The molecule has 1 N–H and O–H groups in total. The standard InChI is InChI=1S/C12H10BrF2NO2S2/c1-7(9-3-2-8(14)6-10(9)15)16-20(17,18)12-5-4-11(13)19-12/h2-7,16H,1H3/t7-/m1/s1. The molecule has 0 aliphatic heterocycles. The maximum Gasteiger partial charge on any atom is 0.250 e. The average molecular weight is 382 g/mol. The monoisotopic (exact) mass is 381 g/mol. The van der Waals surface area contributed by atoms with E-state index in [0.29, 0.717) is 3.79 Å². The molecular weight excluding hydrogens is 372 g/mol. The lowest BCUT2D eigenvalue weighted by atomic mass is 10.1.